The van der Waals surface area contributed by atoms with Crippen molar-refractivity contribution in [3.05, 3.63) is 90.0 Å². The van der Waals surface area contributed by atoms with E-state index in [4.69, 9.17) is 9.73 Å². The first-order valence-electron chi connectivity index (χ1n) is 11.2. The first-order valence-corrected chi connectivity index (χ1v) is 11.2. The molecule has 1 aromatic heterocycles. The Morgan fingerprint density at radius 1 is 1.03 bits per heavy atom. The normalized spacial score (nSPS) is 15.4. The third-order valence-corrected chi connectivity index (χ3v) is 5.48. The number of ether oxygens (including phenoxy) is 1. The van der Waals surface area contributed by atoms with E-state index in [0.29, 0.717) is 11.4 Å². The van der Waals surface area contributed by atoms with Gasteiger partial charge < -0.3 is 20.7 Å². The second-order valence-corrected chi connectivity index (χ2v) is 9.16. The van der Waals surface area contributed by atoms with E-state index in [1.165, 1.54) is 6.07 Å². The molecular weight excluding hydrogens is 445 g/mol. The highest BCUT2D eigenvalue weighted by molar-refractivity contribution is 6.00. The molecule has 0 fully saturated rings. The fourth-order valence-corrected chi connectivity index (χ4v) is 3.57. The van der Waals surface area contributed by atoms with Crippen LogP contribution >= 0.6 is 0 Å². The van der Waals surface area contributed by atoms with Crippen LogP contribution < -0.4 is 20.7 Å². The zero-order valence-electron chi connectivity index (χ0n) is 20.1. The fourth-order valence-electron chi connectivity index (χ4n) is 3.57. The number of amidine groups is 1. The van der Waals surface area contributed by atoms with Gasteiger partial charge in [-0.3, -0.25) is 9.98 Å². The Balaban J connectivity index is 1.60. The van der Waals surface area contributed by atoms with Crippen LogP contribution in [0, 0.1) is 11.2 Å². The summed E-state index contributed by atoms with van der Waals surface area (Å²) in [4.78, 5) is 21.5. The van der Waals surface area contributed by atoms with Gasteiger partial charge >= 0.3 is 6.03 Å². The molecule has 0 bridgehead atoms. The number of rotatable bonds is 5. The number of carbonyl (C=O) groups is 1. The maximum absolute atomic E-state index is 14.6. The summed E-state index contributed by atoms with van der Waals surface area (Å²) in [6.07, 6.45) is 5.45. The van der Waals surface area contributed by atoms with Crippen molar-refractivity contribution < 1.29 is 13.9 Å². The quantitative estimate of drug-likeness (QED) is 0.424. The summed E-state index contributed by atoms with van der Waals surface area (Å²) in [6, 6.07) is 14.4. The van der Waals surface area contributed by atoms with Gasteiger partial charge in [0, 0.05) is 34.8 Å². The van der Waals surface area contributed by atoms with Crippen LogP contribution in [-0.2, 0) is 0 Å². The van der Waals surface area contributed by atoms with Gasteiger partial charge in [-0.1, -0.05) is 26.8 Å². The van der Waals surface area contributed by atoms with Crippen LogP contribution in [0.15, 0.2) is 78.1 Å². The summed E-state index contributed by atoms with van der Waals surface area (Å²) in [7, 11) is 1.57. The van der Waals surface area contributed by atoms with Crippen molar-refractivity contribution in [3.63, 3.8) is 0 Å². The van der Waals surface area contributed by atoms with Crippen molar-refractivity contribution in [2.24, 2.45) is 10.4 Å². The first-order chi connectivity index (χ1) is 16.7. The molecular formula is C27H28FN5O2. The average molecular weight is 474 g/mol. The Kier molecular flexibility index (Phi) is 6.82. The predicted molar refractivity (Wildman–Crippen MR) is 137 cm³/mol. The molecule has 0 saturated heterocycles. The minimum Gasteiger partial charge on any atom is -0.497 e. The number of carbonyl (C=O) groups excluding carboxylic acids is 1. The van der Waals surface area contributed by atoms with E-state index in [0.717, 1.165) is 22.7 Å². The maximum atomic E-state index is 14.6. The number of amides is 2. The van der Waals surface area contributed by atoms with Gasteiger partial charge in [0.15, 0.2) is 0 Å². The molecule has 7 nitrogen and oxygen atoms in total. The summed E-state index contributed by atoms with van der Waals surface area (Å²) < 4.78 is 19.7. The number of benzene rings is 2. The molecule has 180 valence electrons. The molecule has 0 radical (unpaired) electrons. The monoisotopic (exact) mass is 473 g/mol. The number of hydrogen-bond acceptors (Lipinski definition) is 5. The molecule has 8 heteroatoms. The number of nitrogens with one attached hydrogen (secondary N) is 3. The second-order valence-electron chi connectivity index (χ2n) is 9.16. The van der Waals surface area contributed by atoms with Crippen LogP contribution in [0.2, 0.25) is 0 Å². The van der Waals surface area contributed by atoms with Crippen LogP contribution in [0.25, 0.3) is 5.70 Å². The van der Waals surface area contributed by atoms with Crippen molar-refractivity contribution in [2.45, 2.75) is 26.8 Å². The van der Waals surface area contributed by atoms with E-state index >= 15 is 0 Å². The number of aromatic nitrogens is 1. The molecule has 3 aromatic rings. The van der Waals surface area contributed by atoms with E-state index < -0.39 is 11.8 Å². The molecule has 0 spiro atoms. The SMILES string of the molecule is COc1ccc(NC(=O)Nc2cc(C3C=C(c4ccncc4)NC(C(C)(C)C)=N3)ccc2F)cc1. The number of nitrogens with zero attached hydrogens (tertiary/aromatic N) is 2. The lowest BCUT2D eigenvalue weighted by Gasteiger charge is -2.30. The minimum absolute atomic E-state index is 0.0680. The van der Waals surface area contributed by atoms with Gasteiger partial charge in [0.25, 0.3) is 0 Å². The molecule has 1 aliphatic heterocycles. The minimum atomic E-state index is -0.552. The molecule has 4 rings (SSSR count). The fraction of sp³-hybridized carbons (Fsp3) is 0.222. The molecule has 2 aromatic carbocycles. The standard InChI is InChI=1S/C27H28FN5O2/c1-27(2,3)25-31-22(17-11-13-29-14-12-17)16-23(32-25)18-5-10-21(28)24(15-18)33-26(34)30-19-6-8-20(35-4)9-7-19/h5-16,23H,1-4H3,(H,31,32)(H2,30,33,34). The highest BCUT2D eigenvalue weighted by Crippen LogP contribution is 2.32. The average Bonchev–Trinajstić information content (AvgIpc) is 2.85. The van der Waals surface area contributed by atoms with Gasteiger partial charge in [-0.25, -0.2) is 9.18 Å². The number of pyridine rings is 1. The molecule has 2 amide bonds. The summed E-state index contributed by atoms with van der Waals surface area (Å²) in [5, 5.41) is 8.72. The molecule has 35 heavy (non-hydrogen) atoms. The number of anilines is 2. The third kappa shape index (κ3) is 5.84. The van der Waals surface area contributed by atoms with Gasteiger partial charge in [0.05, 0.1) is 18.8 Å². The van der Waals surface area contributed by atoms with E-state index in [9.17, 15) is 9.18 Å². The number of halogens is 1. The van der Waals surface area contributed by atoms with E-state index in [1.807, 2.05) is 18.2 Å². The van der Waals surface area contributed by atoms with E-state index in [-0.39, 0.29) is 17.1 Å². The Bertz CT molecular complexity index is 1260. The zero-order chi connectivity index (χ0) is 25.0. The molecule has 0 saturated carbocycles. The Morgan fingerprint density at radius 3 is 2.40 bits per heavy atom. The van der Waals surface area contributed by atoms with Crippen molar-refractivity contribution in [2.75, 3.05) is 17.7 Å². The second kappa shape index (κ2) is 9.97. The Morgan fingerprint density at radius 2 is 1.74 bits per heavy atom. The molecule has 3 N–H and O–H groups in total. The number of aliphatic imine (C=N–C) groups is 1. The molecule has 1 atom stereocenters. The smallest absolute Gasteiger partial charge is 0.323 e. The highest BCUT2D eigenvalue weighted by atomic mass is 19.1. The lowest BCUT2D eigenvalue weighted by atomic mass is 9.92. The zero-order valence-corrected chi connectivity index (χ0v) is 20.1. The topological polar surface area (TPSA) is 87.6 Å². The summed E-state index contributed by atoms with van der Waals surface area (Å²) in [5.41, 5.74) is 3.01. The van der Waals surface area contributed by atoms with E-state index in [1.54, 1.807) is 55.9 Å². The lowest BCUT2D eigenvalue weighted by molar-refractivity contribution is 0.262. The maximum Gasteiger partial charge on any atom is 0.323 e. The van der Waals surface area contributed by atoms with Gasteiger partial charge in [0.2, 0.25) is 0 Å². The number of hydrogen-bond donors (Lipinski definition) is 3. The van der Waals surface area contributed by atoms with Crippen LogP contribution in [0.1, 0.15) is 37.9 Å². The van der Waals surface area contributed by atoms with Crippen molar-refractivity contribution >= 4 is 28.9 Å². The Labute approximate surface area is 204 Å². The van der Waals surface area contributed by atoms with Crippen LogP contribution in [-0.4, -0.2) is 24.0 Å². The summed E-state index contributed by atoms with van der Waals surface area (Å²) in [6.45, 7) is 6.23. The van der Waals surface area contributed by atoms with E-state index in [2.05, 4.69) is 41.7 Å². The molecule has 0 aliphatic carbocycles. The van der Waals surface area contributed by atoms with Crippen molar-refractivity contribution in [3.8, 4) is 5.75 Å². The number of methoxy groups -OCH3 is 1. The van der Waals surface area contributed by atoms with Crippen LogP contribution in [0.4, 0.5) is 20.6 Å². The Hall–Kier alpha value is -4.20. The van der Waals surface area contributed by atoms with Crippen molar-refractivity contribution in [1.82, 2.24) is 10.3 Å². The first kappa shape index (κ1) is 23.9. The predicted octanol–water partition coefficient (Wildman–Crippen LogP) is 6.00. The molecule has 2 heterocycles. The largest absolute Gasteiger partial charge is 0.497 e. The molecule has 1 unspecified atom stereocenters. The van der Waals surface area contributed by atoms with Gasteiger partial charge in [-0.05, 0) is 60.2 Å². The van der Waals surface area contributed by atoms with Crippen LogP contribution in [0.5, 0.6) is 5.75 Å². The summed E-state index contributed by atoms with van der Waals surface area (Å²) in [5.74, 6) is 0.949. The lowest BCUT2D eigenvalue weighted by Crippen LogP contribution is -2.36. The number of urea groups is 1. The molecule has 1 aliphatic rings. The van der Waals surface area contributed by atoms with Gasteiger partial charge in [-0.15, -0.1) is 0 Å². The summed E-state index contributed by atoms with van der Waals surface area (Å²) >= 11 is 0. The van der Waals surface area contributed by atoms with Crippen molar-refractivity contribution in [1.29, 1.82) is 0 Å². The highest BCUT2D eigenvalue weighted by Gasteiger charge is 2.26. The van der Waals surface area contributed by atoms with Crippen LogP contribution in [0.3, 0.4) is 0 Å². The van der Waals surface area contributed by atoms with Gasteiger partial charge in [-0.2, -0.15) is 0 Å². The third-order valence-electron chi connectivity index (χ3n) is 5.48. The van der Waals surface area contributed by atoms with Gasteiger partial charge in [0.1, 0.15) is 17.4 Å².